The van der Waals surface area contributed by atoms with Gasteiger partial charge >= 0.3 is 0 Å². The zero-order chi connectivity index (χ0) is 42.8. The molecule has 0 unspecified atom stereocenters. The number of benzene rings is 8. The van der Waals surface area contributed by atoms with Gasteiger partial charge in [-0.2, -0.15) is 0 Å². The van der Waals surface area contributed by atoms with Crippen molar-refractivity contribution in [3.63, 3.8) is 0 Å². The van der Waals surface area contributed by atoms with Gasteiger partial charge in [-0.05, 0) is 128 Å². The highest BCUT2D eigenvalue weighted by Crippen LogP contribution is 2.59. The number of nitrogens with zero attached hydrogens (tertiary/aromatic N) is 1. The number of aryl methyl sites for hydroxylation is 4. The first-order valence-corrected chi connectivity index (χ1v) is 18.4. The van der Waals surface area contributed by atoms with Gasteiger partial charge in [-0.3, -0.25) is 0 Å². The van der Waals surface area contributed by atoms with E-state index < -0.39 is 30.9 Å². The zero-order valence-corrected chi connectivity index (χ0v) is 29.3. The minimum absolute atomic E-state index is 0.382. The van der Waals surface area contributed by atoms with Crippen LogP contribution in [0.2, 0.25) is 0 Å². The molecular weight excluding hydrogens is 651 g/mol. The molecule has 1 heteroatoms. The molecule has 0 atom stereocenters. The van der Waals surface area contributed by atoms with Crippen molar-refractivity contribution in [3.8, 4) is 33.4 Å². The molecule has 0 heterocycles. The van der Waals surface area contributed by atoms with E-state index in [2.05, 4.69) is 132 Å². The Hall–Kier alpha value is -6.44. The maximum atomic E-state index is 8.42. The molecular formula is C53H39N. The van der Waals surface area contributed by atoms with E-state index in [9.17, 15) is 0 Å². The van der Waals surface area contributed by atoms with Gasteiger partial charge in [0.15, 0.2) is 0 Å². The van der Waals surface area contributed by atoms with Crippen LogP contribution < -0.4 is 4.90 Å². The minimum Gasteiger partial charge on any atom is -0.310 e. The maximum Gasteiger partial charge on any atom is 0.0714 e. The van der Waals surface area contributed by atoms with E-state index >= 15 is 0 Å². The highest BCUT2D eigenvalue weighted by atomic mass is 15.1. The standard InChI is InChI=1S/C53H39N/c1-3-10-44(11-4-1)53(45-12-5-2-6-13-45)49-15-8-7-14-48(49)52-50(53)16-9-17-51(52)54(46-30-26-38(27-31-46)42-24-20-36-18-22-40(36)34-42)47-32-28-39(29-33-47)43-25-21-37-19-23-41(37)35-43/h1-17,20-21,24-35H,18-19,22-23H2/i18D2,19D2,22D2,23D2. The Labute approximate surface area is 329 Å². The molecule has 3 aliphatic carbocycles. The van der Waals surface area contributed by atoms with Crippen molar-refractivity contribution in [1.29, 1.82) is 0 Å². The fourth-order valence-corrected chi connectivity index (χ4v) is 8.71. The van der Waals surface area contributed by atoms with E-state index in [1.54, 1.807) is 24.3 Å². The molecule has 3 aliphatic rings. The monoisotopic (exact) mass is 697 g/mol. The third-order valence-electron chi connectivity index (χ3n) is 11.3. The van der Waals surface area contributed by atoms with Gasteiger partial charge in [0, 0.05) is 27.9 Å². The Kier molecular flexibility index (Phi) is 5.47. The van der Waals surface area contributed by atoms with E-state index in [0.29, 0.717) is 22.3 Å². The lowest BCUT2D eigenvalue weighted by Gasteiger charge is -2.34. The molecule has 0 spiro atoms. The normalized spacial score (nSPS) is 20.1. The molecule has 0 fully saturated rings. The average Bonchev–Trinajstić information content (AvgIpc) is 3.61. The predicted molar refractivity (Wildman–Crippen MR) is 224 cm³/mol. The number of hydrogen-bond donors (Lipinski definition) is 0. The van der Waals surface area contributed by atoms with Gasteiger partial charge in [0.05, 0.1) is 11.1 Å². The summed E-state index contributed by atoms with van der Waals surface area (Å²) in [4.78, 5) is 2.27. The molecule has 0 radical (unpaired) electrons. The second kappa shape index (κ2) is 12.3. The number of hydrogen-bond acceptors (Lipinski definition) is 1. The largest absolute Gasteiger partial charge is 0.310 e. The molecule has 0 amide bonds. The summed E-state index contributed by atoms with van der Waals surface area (Å²) in [5.74, 6) is 0. The molecule has 8 aromatic rings. The molecule has 256 valence electrons. The van der Waals surface area contributed by atoms with Gasteiger partial charge in [0.1, 0.15) is 0 Å². The first-order chi connectivity index (χ1) is 29.8. The molecule has 54 heavy (non-hydrogen) atoms. The number of anilines is 3. The second-order valence-corrected chi connectivity index (χ2v) is 14.2. The van der Waals surface area contributed by atoms with Gasteiger partial charge in [-0.25, -0.2) is 0 Å². The van der Waals surface area contributed by atoms with E-state index in [1.165, 1.54) is 22.3 Å². The van der Waals surface area contributed by atoms with Crippen LogP contribution >= 0.6 is 0 Å². The van der Waals surface area contributed by atoms with Crippen LogP contribution in [0.25, 0.3) is 33.4 Å². The summed E-state index contributed by atoms with van der Waals surface area (Å²) < 4.78 is 66.7. The van der Waals surface area contributed by atoms with Gasteiger partial charge < -0.3 is 4.90 Å². The Morgan fingerprint density at radius 2 is 0.852 bits per heavy atom. The van der Waals surface area contributed by atoms with Crippen LogP contribution in [0.1, 0.15) is 55.5 Å². The maximum absolute atomic E-state index is 8.42. The first-order valence-electron chi connectivity index (χ1n) is 22.4. The summed E-state index contributed by atoms with van der Waals surface area (Å²) in [7, 11) is 0. The molecule has 8 aromatic carbocycles. The number of fused-ring (bicyclic) bond motifs is 5. The predicted octanol–water partition coefficient (Wildman–Crippen LogP) is 13.1. The lowest BCUT2D eigenvalue weighted by molar-refractivity contribution is 0.768. The molecule has 11 rings (SSSR count). The molecule has 0 N–H and O–H groups in total. The van der Waals surface area contributed by atoms with Crippen LogP contribution in [0.5, 0.6) is 0 Å². The third-order valence-corrected chi connectivity index (χ3v) is 11.3. The van der Waals surface area contributed by atoms with Crippen LogP contribution in [0.15, 0.2) is 188 Å². The zero-order valence-electron chi connectivity index (χ0n) is 37.3. The Morgan fingerprint density at radius 1 is 0.389 bits per heavy atom. The van der Waals surface area contributed by atoms with E-state index in [0.717, 1.165) is 50.4 Å². The molecule has 0 bridgehead atoms. The lowest BCUT2D eigenvalue weighted by atomic mass is 9.68. The van der Waals surface area contributed by atoms with Gasteiger partial charge in [0.25, 0.3) is 0 Å². The number of rotatable bonds is 7. The van der Waals surface area contributed by atoms with Crippen molar-refractivity contribution >= 4 is 17.1 Å². The van der Waals surface area contributed by atoms with Gasteiger partial charge in [0.2, 0.25) is 0 Å². The second-order valence-electron chi connectivity index (χ2n) is 14.2. The molecule has 0 aromatic heterocycles. The van der Waals surface area contributed by atoms with E-state index in [-0.39, 0.29) is 0 Å². The van der Waals surface area contributed by atoms with Crippen molar-refractivity contribution in [2.75, 3.05) is 4.90 Å². The smallest absolute Gasteiger partial charge is 0.0714 e. The Morgan fingerprint density at radius 3 is 1.41 bits per heavy atom. The Bertz CT molecular complexity index is 2910. The first kappa shape index (κ1) is 24.0. The fourth-order valence-electron chi connectivity index (χ4n) is 8.71. The lowest BCUT2D eigenvalue weighted by Crippen LogP contribution is -2.28. The van der Waals surface area contributed by atoms with Gasteiger partial charge in [-0.15, -0.1) is 0 Å². The summed E-state index contributed by atoms with van der Waals surface area (Å²) in [5.41, 5.74) is 14.1. The average molecular weight is 698 g/mol. The summed E-state index contributed by atoms with van der Waals surface area (Å²) in [5, 5.41) is 0. The van der Waals surface area contributed by atoms with Crippen LogP contribution in [0.4, 0.5) is 17.1 Å². The van der Waals surface area contributed by atoms with E-state index in [4.69, 9.17) is 11.0 Å². The van der Waals surface area contributed by atoms with Crippen LogP contribution in [0, 0.1) is 0 Å². The van der Waals surface area contributed by atoms with Crippen LogP contribution in [-0.4, -0.2) is 0 Å². The highest BCUT2D eigenvalue weighted by Gasteiger charge is 2.47. The highest BCUT2D eigenvalue weighted by molar-refractivity contribution is 5.97. The van der Waals surface area contributed by atoms with Crippen LogP contribution in [0.3, 0.4) is 0 Å². The fraction of sp³-hybridized carbons (Fsp3) is 0.0943. The molecule has 1 nitrogen and oxygen atoms in total. The third kappa shape index (κ3) is 4.71. The molecule has 0 saturated heterocycles. The Balaban J connectivity index is 1.09. The van der Waals surface area contributed by atoms with Crippen LogP contribution in [-0.2, 0) is 30.9 Å². The topological polar surface area (TPSA) is 3.24 Å². The summed E-state index contributed by atoms with van der Waals surface area (Å²) in [6.07, 6.45) is -8.20. The van der Waals surface area contributed by atoms with Gasteiger partial charge in [-0.1, -0.05) is 158 Å². The summed E-state index contributed by atoms with van der Waals surface area (Å²) in [6, 6.07) is 63.7. The van der Waals surface area contributed by atoms with Crippen molar-refractivity contribution in [1.82, 2.24) is 0 Å². The van der Waals surface area contributed by atoms with Crippen molar-refractivity contribution in [3.05, 3.63) is 233 Å². The molecule has 0 saturated carbocycles. The quantitative estimate of drug-likeness (QED) is 0.160. The minimum atomic E-state index is -2.07. The van der Waals surface area contributed by atoms with Crippen molar-refractivity contribution in [2.45, 2.75) is 30.9 Å². The van der Waals surface area contributed by atoms with E-state index in [1.807, 2.05) is 36.4 Å². The SMILES string of the molecule is [2H]C1([2H])c2ccc(-c3ccc(N(c4ccc(-c5ccc6c(c5)C([2H])([2H])C6([2H])[2H])cc4)c4cccc5c4-c4ccccc4C5(c4ccccc4)c4ccccc4)cc3)cc2C1([2H])[2H]. The molecule has 0 aliphatic heterocycles. The van der Waals surface area contributed by atoms with Crippen molar-refractivity contribution in [2.24, 2.45) is 0 Å². The summed E-state index contributed by atoms with van der Waals surface area (Å²) >= 11 is 0. The summed E-state index contributed by atoms with van der Waals surface area (Å²) in [6.45, 7) is 0. The van der Waals surface area contributed by atoms with Crippen molar-refractivity contribution < 1.29 is 11.0 Å².